The maximum Gasteiger partial charge on any atom is 0.243 e. The monoisotopic (exact) mass is 434 g/mol. The highest BCUT2D eigenvalue weighted by atomic mass is 32.2. The normalized spacial score (nSPS) is 16.0. The molecule has 8 heteroatoms. The SMILES string of the molecule is CCc1ccc(CNC(=NC)NCc2ccccc2S(=O)(=O)N2CCCCC2)s1. The van der Waals surface area contributed by atoms with E-state index in [2.05, 4.69) is 34.7 Å². The summed E-state index contributed by atoms with van der Waals surface area (Å²) in [6.07, 6.45) is 4.00. The minimum absolute atomic E-state index is 0.385. The fourth-order valence-electron chi connectivity index (χ4n) is 3.42. The first-order chi connectivity index (χ1) is 14.0. The van der Waals surface area contributed by atoms with Crippen molar-refractivity contribution in [1.29, 1.82) is 0 Å². The van der Waals surface area contributed by atoms with Gasteiger partial charge in [0.1, 0.15) is 0 Å². The van der Waals surface area contributed by atoms with Crippen molar-refractivity contribution in [2.45, 2.75) is 50.6 Å². The highest BCUT2D eigenvalue weighted by Crippen LogP contribution is 2.23. The van der Waals surface area contributed by atoms with E-state index in [-0.39, 0.29) is 0 Å². The maximum atomic E-state index is 13.1. The predicted molar refractivity (Wildman–Crippen MR) is 120 cm³/mol. The Morgan fingerprint density at radius 1 is 1.03 bits per heavy atom. The second-order valence-electron chi connectivity index (χ2n) is 7.07. The number of nitrogens with zero attached hydrogens (tertiary/aromatic N) is 2. The Morgan fingerprint density at radius 3 is 2.41 bits per heavy atom. The Bertz CT molecular complexity index is 932. The summed E-state index contributed by atoms with van der Waals surface area (Å²) in [7, 11) is -1.75. The molecule has 6 nitrogen and oxygen atoms in total. The number of benzene rings is 1. The van der Waals surface area contributed by atoms with Crippen molar-refractivity contribution in [3.05, 3.63) is 51.7 Å². The molecule has 2 N–H and O–H groups in total. The van der Waals surface area contributed by atoms with Gasteiger partial charge in [-0.05, 0) is 43.0 Å². The van der Waals surface area contributed by atoms with Gasteiger partial charge in [0.2, 0.25) is 10.0 Å². The van der Waals surface area contributed by atoms with Crippen LogP contribution in [-0.4, -0.2) is 38.8 Å². The second kappa shape index (κ2) is 10.2. The smallest absolute Gasteiger partial charge is 0.243 e. The summed E-state index contributed by atoms with van der Waals surface area (Å²) in [6, 6.07) is 11.5. The van der Waals surface area contributed by atoms with Crippen molar-refractivity contribution in [3.8, 4) is 0 Å². The number of guanidine groups is 1. The van der Waals surface area contributed by atoms with Crippen LogP contribution in [-0.2, 0) is 29.5 Å². The quantitative estimate of drug-likeness (QED) is 0.518. The number of rotatable bonds is 7. The lowest BCUT2D eigenvalue weighted by Gasteiger charge is -2.27. The van der Waals surface area contributed by atoms with E-state index in [9.17, 15) is 8.42 Å². The number of hydrogen-bond acceptors (Lipinski definition) is 4. The molecule has 2 heterocycles. The highest BCUT2D eigenvalue weighted by Gasteiger charge is 2.27. The molecule has 0 spiro atoms. The molecule has 0 saturated carbocycles. The first-order valence-corrected chi connectivity index (χ1v) is 12.4. The highest BCUT2D eigenvalue weighted by molar-refractivity contribution is 7.89. The lowest BCUT2D eigenvalue weighted by atomic mass is 10.2. The second-order valence-corrected chi connectivity index (χ2v) is 10.2. The molecule has 1 saturated heterocycles. The molecule has 1 aliphatic heterocycles. The van der Waals surface area contributed by atoms with Crippen molar-refractivity contribution >= 4 is 27.3 Å². The molecule has 0 bridgehead atoms. The summed E-state index contributed by atoms with van der Waals surface area (Å²) in [6.45, 7) is 4.45. The third-order valence-corrected chi connectivity index (χ3v) is 8.30. The van der Waals surface area contributed by atoms with Crippen LogP contribution in [0.25, 0.3) is 0 Å². The molecule has 3 rings (SSSR count). The fraction of sp³-hybridized carbons (Fsp3) is 0.476. The van der Waals surface area contributed by atoms with Crippen LogP contribution in [0, 0.1) is 0 Å². The summed E-state index contributed by atoms with van der Waals surface area (Å²) in [5.41, 5.74) is 0.755. The van der Waals surface area contributed by atoms with E-state index in [0.29, 0.717) is 37.0 Å². The number of piperidine rings is 1. The Balaban J connectivity index is 1.65. The van der Waals surface area contributed by atoms with Crippen LogP contribution in [0.15, 0.2) is 46.3 Å². The van der Waals surface area contributed by atoms with Gasteiger partial charge in [-0.3, -0.25) is 4.99 Å². The van der Waals surface area contributed by atoms with Gasteiger partial charge in [0.05, 0.1) is 11.4 Å². The third kappa shape index (κ3) is 5.58. The number of sulfonamides is 1. The number of aliphatic imine (C=N–C) groups is 1. The van der Waals surface area contributed by atoms with E-state index in [0.717, 1.165) is 31.2 Å². The number of aryl methyl sites for hydroxylation is 1. The van der Waals surface area contributed by atoms with Crippen molar-refractivity contribution in [2.24, 2.45) is 4.99 Å². The Kier molecular flexibility index (Phi) is 7.69. The van der Waals surface area contributed by atoms with Gasteiger partial charge in [0.25, 0.3) is 0 Å². The van der Waals surface area contributed by atoms with Crippen molar-refractivity contribution in [3.63, 3.8) is 0 Å². The van der Waals surface area contributed by atoms with Gasteiger partial charge >= 0.3 is 0 Å². The molecule has 1 aromatic heterocycles. The molecule has 0 amide bonds. The Morgan fingerprint density at radius 2 is 1.72 bits per heavy atom. The van der Waals surface area contributed by atoms with E-state index in [4.69, 9.17) is 0 Å². The average molecular weight is 435 g/mol. The van der Waals surface area contributed by atoms with Gasteiger partial charge in [-0.2, -0.15) is 4.31 Å². The van der Waals surface area contributed by atoms with Gasteiger partial charge in [-0.25, -0.2) is 8.42 Å². The fourth-order valence-corrected chi connectivity index (χ4v) is 6.06. The Hall–Kier alpha value is -1.90. The number of nitrogens with one attached hydrogen (secondary N) is 2. The van der Waals surface area contributed by atoms with Gasteiger partial charge < -0.3 is 10.6 Å². The first kappa shape index (κ1) is 21.8. The molecule has 0 radical (unpaired) electrons. The molecule has 29 heavy (non-hydrogen) atoms. The van der Waals surface area contributed by atoms with Crippen molar-refractivity contribution in [1.82, 2.24) is 14.9 Å². The molecule has 0 atom stereocenters. The van der Waals surface area contributed by atoms with E-state index in [1.165, 1.54) is 9.75 Å². The van der Waals surface area contributed by atoms with Gasteiger partial charge in [0, 0.05) is 36.4 Å². The van der Waals surface area contributed by atoms with Crippen LogP contribution in [0.3, 0.4) is 0 Å². The average Bonchev–Trinajstić information content (AvgIpc) is 3.23. The minimum atomic E-state index is -3.47. The minimum Gasteiger partial charge on any atom is -0.352 e. The molecule has 2 aromatic rings. The van der Waals surface area contributed by atoms with E-state index in [1.807, 2.05) is 12.1 Å². The summed E-state index contributed by atoms with van der Waals surface area (Å²) in [4.78, 5) is 7.26. The predicted octanol–water partition coefficient (Wildman–Crippen LogP) is 3.35. The number of thiophene rings is 1. The lowest BCUT2D eigenvalue weighted by Crippen LogP contribution is -2.38. The summed E-state index contributed by atoms with van der Waals surface area (Å²) in [5, 5.41) is 6.56. The van der Waals surface area contributed by atoms with Crippen LogP contribution >= 0.6 is 11.3 Å². The van der Waals surface area contributed by atoms with Crippen LogP contribution in [0.2, 0.25) is 0 Å². The van der Waals surface area contributed by atoms with E-state index < -0.39 is 10.0 Å². The summed E-state index contributed by atoms with van der Waals surface area (Å²) in [5.74, 6) is 0.654. The third-order valence-electron chi connectivity index (χ3n) is 5.07. The van der Waals surface area contributed by atoms with Crippen LogP contribution < -0.4 is 10.6 Å². The maximum absolute atomic E-state index is 13.1. The van der Waals surface area contributed by atoms with Gasteiger partial charge in [-0.15, -0.1) is 11.3 Å². The van der Waals surface area contributed by atoms with Gasteiger partial charge in [0.15, 0.2) is 5.96 Å². The van der Waals surface area contributed by atoms with E-state index >= 15 is 0 Å². The molecule has 0 unspecified atom stereocenters. The van der Waals surface area contributed by atoms with Crippen LogP contribution in [0.1, 0.15) is 41.5 Å². The Labute approximate surface area is 178 Å². The topological polar surface area (TPSA) is 73.8 Å². The molecular weight excluding hydrogens is 404 g/mol. The van der Waals surface area contributed by atoms with Crippen LogP contribution in [0.4, 0.5) is 0 Å². The molecule has 0 aliphatic carbocycles. The van der Waals surface area contributed by atoms with Gasteiger partial charge in [-0.1, -0.05) is 31.5 Å². The molecule has 1 fully saturated rings. The molecule has 1 aliphatic rings. The largest absolute Gasteiger partial charge is 0.352 e. The number of hydrogen-bond donors (Lipinski definition) is 2. The zero-order chi connectivity index (χ0) is 20.7. The molecule has 1 aromatic carbocycles. The lowest BCUT2D eigenvalue weighted by molar-refractivity contribution is 0.346. The van der Waals surface area contributed by atoms with Crippen molar-refractivity contribution < 1.29 is 8.42 Å². The van der Waals surface area contributed by atoms with Crippen molar-refractivity contribution in [2.75, 3.05) is 20.1 Å². The molecule has 158 valence electrons. The zero-order valence-electron chi connectivity index (χ0n) is 17.1. The molecular formula is C21H30N4O2S2. The standard InChI is InChI=1S/C21H30N4O2S2/c1-3-18-11-12-19(28-18)16-24-21(22-2)23-15-17-9-5-6-10-20(17)29(26,27)25-13-7-4-8-14-25/h5-6,9-12H,3-4,7-8,13-16H2,1-2H3,(H2,22,23,24). The first-order valence-electron chi connectivity index (χ1n) is 10.1. The van der Waals surface area contributed by atoms with E-state index in [1.54, 1.807) is 34.8 Å². The summed E-state index contributed by atoms with van der Waals surface area (Å²) >= 11 is 1.79. The van der Waals surface area contributed by atoms with Crippen LogP contribution in [0.5, 0.6) is 0 Å². The summed E-state index contributed by atoms with van der Waals surface area (Å²) < 4.78 is 27.9. The zero-order valence-corrected chi connectivity index (χ0v) is 18.8.